The van der Waals surface area contributed by atoms with Crippen molar-refractivity contribution < 1.29 is 9.53 Å². The number of amides is 1. The highest BCUT2D eigenvalue weighted by molar-refractivity contribution is 5.97. The average Bonchev–Trinajstić information content (AvgIpc) is 2.70. The average molecular weight is 345 g/mol. The van der Waals surface area contributed by atoms with E-state index in [2.05, 4.69) is 23.5 Å². The van der Waals surface area contributed by atoms with Gasteiger partial charge in [0.1, 0.15) is 5.75 Å². The quantitative estimate of drug-likeness (QED) is 0.641. The molecule has 1 amide bonds. The molecule has 0 bridgehead atoms. The van der Waals surface area contributed by atoms with Crippen LogP contribution in [0.3, 0.4) is 0 Å². The van der Waals surface area contributed by atoms with Gasteiger partial charge in [-0.05, 0) is 47.4 Å². The van der Waals surface area contributed by atoms with Gasteiger partial charge in [-0.1, -0.05) is 61.5 Å². The molecule has 0 saturated heterocycles. The van der Waals surface area contributed by atoms with Crippen molar-refractivity contribution >= 4 is 11.6 Å². The van der Waals surface area contributed by atoms with Crippen LogP contribution >= 0.6 is 0 Å². The van der Waals surface area contributed by atoms with Crippen molar-refractivity contribution in [1.29, 1.82) is 0 Å². The second-order valence-electron chi connectivity index (χ2n) is 6.13. The lowest BCUT2D eigenvalue weighted by molar-refractivity contribution is -0.117. The van der Waals surface area contributed by atoms with Crippen LogP contribution in [-0.4, -0.2) is 13.0 Å². The monoisotopic (exact) mass is 345 g/mol. The summed E-state index contributed by atoms with van der Waals surface area (Å²) >= 11 is 0. The molecule has 132 valence electrons. The van der Waals surface area contributed by atoms with Crippen molar-refractivity contribution in [3.05, 3.63) is 84.4 Å². The Bertz CT molecular complexity index is 857. The van der Waals surface area contributed by atoms with E-state index in [4.69, 9.17) is 4.74 Å². The minimum Gasteiger partial charge on any atom is -0.497 e. The van der Waals surface area contributed by atoms with Gasteiger partial charge in [-0.3, -0.25) is 4.79 Å². The molecule has 3 nitrogen and oxygen atoms in total. The largest absolute Gasteiger partial charge is 0.497 e. The summed E-state index contributed by atoms with van der Waals surface area (Å²) in [6.45, 7) is 2.04. The van der Waals surface area contributed by atoms with Crippen LogP contribution in [0.15, 0.2) is 78.9 Å². The number of ether oxygens (including phenoxy) is 1. The molecule has 0 aliphatic rings. The van der Waals surface area contributed by atoms with E-state index in [-0.39, 0.29) is 11.8 Å². The lowest BCUT2D eigenvalue weighted by atomic mass is 9.88. The number of nitrogens with one attached hydrogen (secondary N) is 1. The Morgan fingerprint density at radius 3 is 2.23 bits per heavy atom. The summed E-state index contributed by atoms with van der Waals surface area (Å²) < 4.78 is 5.16. The molecule has 3 aromatic carbocycles. The van der Waals surface area contributed by atoms with E-state index in [0.29, 0.717) is 0 Å². The van der Waals surface area contributed by atoms with Crippen molar-refractivity contribution in [2.75, 3.05) is 12.4 Å². The number of benzene rings is 3. The lowest BCUT2D eigenvalue weighted by Crippen LogP contribution is -2.21. The zero-order valence-electron chi connectivity index (χ0n) is 15.1. The summed E-state index contributed by atoms with van der Waals surface area (Å²) in [4.78, 5) is 12.9. The van der Waals surface area contributed by atoms with Crippen molar-refractivity contribution in [2.24, 2.45) is 0 Å². The Labute approximate surface area is 154 Å². The first-order valence-corrected chi connectivity index (χ1v) is 8.82. The third kappa shape index (κ3) is 3.94. The number of hydrogen-bond acceptors (Lipinski definition) is 2. The van der Waals surface area contributed by atoms with Crippen LogP contribution in [0, 0.1) is 0 Å². The maximum Gasteiger partial charge on any atom is 0.231 e. The molecule has 0 aromatic heterocycles. The van der Waals surface area contributed by atoms with Gasteiger partial charge in [-0.2, -0.15) is 0 Å². The van der Waals surface area contributed by atoms with Gasteiger partial charge in [0.05, 0.1) is 13.0 Å². The number of rotatable bonds is 6. The second kappa shape index (κ2) is 8.34. The molecular weight excluding hydrogens is 322 g/mol. The van der Waals surface area contributed by atoms with Crippen LogP contribution < -0.4 is 10.1 Å². The standard InChI is InChI=1S/C23H23NO2/c1-3-20(23(25)24-18-13-15-19(26-2)16-14-18)22-12-8-7-11-21(22)17-9-5-4-6-10-17/h4-16,20H,3H2,1-2H3,(H,24,25). The van der Waals surface area contributed by atoms with E-state index in [1.165, 1.54) is 0 Å². The van der Waals surface area contributed by atoms with Gasteiger partial charge in [0.15, 0.2) is 0 Å². The SMILES string of the molecule is CCC(C(=O)Nc1ccc(OC)cc1)c1ccccc1-c1ccccc1. The highest BCUT2D eigenvalue weighted by Crippen LogP contribution is 2.32. The van der Waals surface area contributed by atoms with Crippen molar-refractivity contribution in [2.45, 2.75) is 19.3 Å². The molecule has 0 spiro atoms. The Balaban J connectivity index is 1.87. The molecular formula is C23H23NO2. The minimum absolute atomic E-state index is 0.000970. The fourth-order valence-corrected chi connectivity index (χ4v) is 3.13. The third-order valence-electron chi connectivity index (χ3n) is 4.50. The van der Waals surface area contributed by atoms with E-state index in [1.807, 2.05) is 67.6 Å². The number of methoxy groups -OCH3 is 1. The molecule has 0 fully saturated rings. The summed E-state index contributed by atoms with van der Waals surface area (Å²) in [7, 11) is 1.63. The van der Waals surface area contributed by atoms with E-state index >= 15 is 0 Å². The zero-order valence-corrected chi connectivity index (χ0v) is 15.1. The molecule has 1 atom stereocenters. The topological polar surface area (TPSA) is 38.3 Å². The molecule has 1 unspecified atom stereocenters. The Morgan fingerprint density at radius 2 is 1.58 bits per heavy atom. The molecule has 0 aliphatic carbocycles. The van der Waals surface area contributed by atoms with E-state index in [0.717, 1.165) is 34.5 Å². The molecule has 26 heavy (non-hydrogen) atoms. The van der Waals surface area contributed by atoms with Crippen LogP contribution in [0.4, 0.5) is 5.69 Å². The van der Waals surface area contributed by atoms with E-state index in [9.17, 15) is 4.79 Å². The van der Waals surface area contributed by atoms with Gasteiger partial charge in [0.2, 0.25) is 5.91 Å². The van der Waals surface area contributed by atoms with Gasteiger partial charge in [0, 0.05) is 5.69 Å². The predicted molar refractivity (Wildman–Crippen MR) is 107 cm³/mol. The molecule has 3 rings (SSSR count). The minimum atomic E-state index is -0.214. The number of anilines is 1. The predicted octanol–water partition coefficient (Wildman–Crippen LogP) is 5.49. The van der Waals surface area contributed by atoms with Crippen LogP contribution in [0.1, 0.15) is 24.8 Å². The van der Waals surface area contributed by atoms with E-state index in [1.54, 1.807) is 7.11 Å². The van der Waals surface area contributed by atoms with Crippen molar-refractivity contribution in [3.8, 4) is 16.9 Å². The fourth-order valence-electron chi connectivity index (χ4n) is 3.13. The first-order valence-electron chi connectivity index (χ1n) is 8.82. The maximum absolute atomic E-state index is 12.9. The molecule has 0 saturated carbocycles. The Kier molecular flexibility index (Phi) is 5.69. The summed E-state index contributed by atoms with van der Waals surface area (Å²) in [5.74, 6) is 0.555. The lowest BCUT2D eigenvalue weighted by Gasteiger charge is -2.19. The summed E-state index contributed by atoms with van der Waals surface area (Å²) in [5.41, 5.74) is 4.04. The Morgan fingerprint density at radius 1 is 0.923 bits per heavy atom. The molecule has 0 aliphatic heterocycles. The molecule has 0 heterocycles. The highest BCUT2D eigenvalue weighted by atomic mass is 16.5. The van der Waals surface area contributed by atoms with Crippen molar-refractivity contribution in [3.63, 3.8) is 0 Å². The first-order chi connectivity index (χ1) is 12.7. The first kappa shape index (κ1) is 17.7. The zero-order chi connectivity index (χ0) is 18.4. The van der Waals surface area contributed by atoms with E-state index < -0.39 is 0 Å². The van der Waals surface area contributed by atoms with Crippen LogP contribution in [0.25, 0.3) is 11.1 Å². The fraction of sp³-hybridized carbons (Fsp3) is 0.174. The van der Waals surface area contributed by atoms with Crippen LogP contribution in [0.5, 0.6) is 5.75 Å². The smallest absolute Gasteiger partial charge is 0.231 e. The summed E-state index contributed by atoms with van der Waals surface area (Å²) in [6.07, 6.45) is 0.728. The van der Waals surface area contributed by atoms with Crippen LogP contribution in [0.2, 0.25) is 0 Å². The third-order valence-corrected chi connectivity index (χ3v) is 4.50. The molecule has 3 heteroatoms. The van der Waals surface area contributed by atoms with Crippen LogP contribution in [-0.2, 0) is 4.79 Å². The molecule has 3 aromatic rings. The maximum atomic E-state index is 12.9. The molecule has 0 radical (unpaired) electrons. The van der Waals surface area contributed by atoms with Gasteiger partial charge in [-0.15, -0.1) is 0 Å². The number of hydrogen-bond donors (Lipinski definition) is 1. The normalized spacial score (nSPS) is 11.6. The van der Waals surface area contributed by atoms with Gasteiger partial charge in [-0.25, -0.2) is 0 Å². The summed E-state index contributed by atoms with van der Waals surface area (Å²) in [5, 5.41) is 3.03. The molecule has 1 N–H and O–H groups in total. The summed E-state index contributed by atoms with van der Waals surface area (Å²) in [6, 6.07) is 25.7. The van der Waals surface area contributed by atoms with Crippen molar-refractivity contribution in [1.82, 2.24) is 0 Å². The number of carbonyl (C=O) groups is 1. The van der Waals surface area contributed by atoms with Gasteiger partial charge in [0.25, 0.3) is 0 Å². The van der Waals surface area contributed by atoms with Gasteiger partial charge >= 0.3 is 0 Å². The Hall–Kier alpha value is -3.07. The number of carbonyl (C=O) groups excluding carboxylic acids is 1. The second-order valence-corrected chi connectivity index (χ2v) is 6.13. The van der Waals surface area contributed by atoms with Gasteiger partial charge < -0.3 is 10.1 Å². The highest BCUT2D eigenvalue weighted by Gasteiger charge is 2.22.